The summed E-state index contributed by atoms with van der Waals surface area (Å²) in [6, 6.07) is 0. The van der Waals surface area contributed by atoms with E-state index in [2.05, 4.69) is 27.7 Å². The fourth-order valence-electron chi connectivity index (χ4n) is 1.01. The van der Waals surface area contributed by atoms with Crippen LogP contribution in [0.15, 0.2) is 0 Å². The van der Waals surface area contributed by atoms with Crippen LogP contribution in [-0.2, 0) is 15.7 Å². The number of hydrogen-bond acceptors (Lipinski definition) is 2. The predicted octanol–water partition coefficient (Wildman–Crippen LogP) is 0.171. The van der Waals surface area contributed by atoms with Crippen LogP contribution in [-0.4, -0.2) is 22.2 Å². The van der Waals surface area contributed by atoms with Crippen LogP contribution in [0.3, 0.4) is 0 Å². The summed E-state index contributed by atoms with van der Waals surface area (Å²) in [7, 11) is -0.0201. The molecule has 0 saturated carbocycles. The first-order valence-electron chi connectivity index (χ1n) is 3.83. The molecule has 0 radical (unpaired) electrons. The molecule has 0 spiro atoms. The molecule has 0 atom stereocenters. The highest BCUT2D eigenvalue weighted by Crippen LogP contribution is 2.11. The van der Waals surface area contributed by atoms with E-state index in [1.165, 1.54) is 0 Å². The lowest BCUT2D eigenvalue weighted by atomic mass is 10.5. The van der Waals surface area contributed by atoms with E-state index >= 15 is 0 Å². The second kappa shape index (κ2) is 4.65. The number of carboxylic acids is 1. The lowest BCUT2D eigenvalue weighted by Crippen LogP contribution is -2.37. The van der Waals surface area contributed by atoms with Crippen molar-refractivity contribution in [3.05, 3.63) is 0 Å². The van der Waals surface area contributed by atoms with Crippen molar-refractivity contribution >= 4 is 16.9 Å². The Morgan fingerprint density at radius 2 is 1.64 bits per heavy atom. The highest BCUT2D eigenvalue weighted by Gasteiger charge is 2.26. The molecule has 0 unspecified atom stereocenters. The van der Waals surface area contributed by atoms with Gasteiger partial charge in [0.2, 0.25) is 0 Å². The van der Waals surface area contributed by atoms with Crippen LogP contribution in [0.5, 0.6) is 0 Å². The van der Waals surface area contributed by atoms with Crippen LogP contribution < -0.4 is 5.11 Å². The van der Waals surface area contributed by atoms with Crippen molar-refractivity contribution in [1.29, 1.82) is 0 Å². The molecule has 0 aliphatic rings. The van der Waals surface area contributed by atoms with Gasteiger partial charge in [-0.05, 0) is 38.6 Å². The van der Waals surface area contributed by atoms with Crippen LogP contribution in [0.4, 0.5) is 0 Å². The molecule has 0 aromatic rings. The number of rotatable bonds is 4. The summed E-state index contributed by atoms with van der Waals surface area (Å²) < 4.78 is 0. The first-order chi connectivity index (χ1) is 4.95. The van der Waals surface area contributed by atoms with Crippen molar-refractivity contribution in [2.45, 2.75) is 38.2 Å². The molecule has 3 heteroatoms. The zero-order chi connectivity index (χ0) is 9.02. The van der Waals surface area contributed by atoms with Crippen LogP contribution in [0.2, 0.25) is 0 Å². The zero-order valence-corrected chi connectivity index (χ0v) is 8.40. The van der Waals surface area contributed by atoms with Crippen LogP contribution in [0, 0.1) is 0 Å². The maximum Gasteiger partial charge on any atom is 0.147 e. The number of carbonyl (C=O) groups excluding carboxylic acids is 1. The maximum atomic E-state index is 10.3. The Morgan fingerprint density at radius 1 is 1.27 bits per heavy atom. The van der Waals surface area contributed by atoms with Crippen LogP contribution in [0.1, 0.15) is 27.7 Å². The Kier molecular flexibility index (Phi) is 4.57. The first-order valence-corrected chi connectivity index (χ1v) is 5.35. The summed E-state index contributed by atoms with van der Waals surface area (Å²) in [5.41, 5.74) is 0. The molecule has 11 heavy (non-hydrogen) atoms. The van der Waals surface area contributed by atoms with E-state index < -0.39 is 5.97 Å². The molecular weight excluding hydrogens is 160 g/mol. The summed E-state index contributed by atoms with van der Waals surface area (Å²) in [5.74, 6) is -0.703. The topological polar surface area (TPSA) is 40.1 Å². The fourth-order valence-corrected chi connectivity index (χ4v) is 3.04. The Labute approximate surface area is 71.3 Å². The number of aliphatic carboxylic acids is 1. The molecule has 0 amide bonds. The quantitative estimate of drug-likeness (QED) is 0.573. The molecule has 0 N–H and O–H groups in total. The standard InChI is InChI=1S/C8H16O2S/c1-6(2)11(7(3)4)5-8(9)10/h6-7H,5H2,1-4H3. The minimum Gasteiger partial charge on any atom is -0.545 e. The third kappa shape index (κ3) is 4.30. The average molecular weight is 176 g/mol. The Morgan fingerprint density at radius 3 is 1.73 bits per heavy atom. The lowest BCUT2D eigenvalue weighted by molar-refractivity contribution is -0.301. The molecule has 0 bridgehead atoms. The van der Waals surface area contributed by atoms with Gasteiger partial charge < -0.3 is 9.90 Å². The first kappa shape index (κ1) is 10.8. The van der Waals surface area contributed by atoms with Crippen molar-refractivity contribution in [3.8, 4) is 0 Å². The van der Waals surface area contributed by atoms with E-state index in [9.17, 15) is 9.90 Å². The van der Waals surface area contributed by atoms with Crippen molar-refractivity contribution in [3.63, 3.8) is 0 Å². The van der Waals surface area contributed by atoms with Gasteiger partial charge in [-0.15, -0.1) is 0 Å². The summed E-state index contributed by atoms with van der Waals surface area (Å²) in [6.45, 7) is 8.25. The third-order valence-electron chi connectivity index (χ3n) is 1.50. The van der Waals surface area contributed by atoms with Crippen molar-refractivity contribution in [1.82, 2.24) is 0 Å². The minimum atomic E-state index is -0.921. The van der Waals surface area contributed by atoms with Gasteiger partial charge >= 0.3 is 0 Å². The largest absolute Gasteiger partial charge is 0.545 e. The normalized spacial score (nSPS) is 11.5. The molecule has 0 aliphatic carbocycles. The molecule has 0 aromatic heterocycles. The summed E-state index contributed by atoms with van der Waals surface area (Å²) in [6.07, 6.45) is 0. The summed E-state index contributed by atoms with van der Waals surface area (Å²) in [4.78, 5) is 10.3. The second-order valence-corrected chi connectivity index (χ2v) is 6.20. The van der Waals surface area contributed by atoms with Crippen LogP contribution in [0.25, 0.3) is 0 Å². The van der Waals surface area contributed by atoms with E-state index in [4.69, 9.17) is 0 Å². The molecule has 66 valence electrons. The Hall–Kier alpha value is -0.180. The fraction of sp³-hybridized carbons (Fsp3) is 0.875. The molecule has 2 nitrogen and oxygen atoms in total. The van der Waals surface area contributed by atoms with Gasteiger partial charge in [-0.25, -0.2) is 0 Å². The molecule has 0 fully saturated rings. The third-order valence-corrected chi connectivity index (χ3v) is 4.49. The predicted molar refractivity (Wildman–Crippen MR) is 47.5 cm³/mol. The Balaban J connectivity index is 4.00. The molecular formula is C8H16O2S. The van der Waals surface area contributed by atoms with E-state index in [1.807, 2.05) is 0 Å². The number of carbonyl (C=O) groups is 1. The number of carboxylic acid groups (broad SMARTS) is 1. The minimum absolute atomic E-state index is 0.0201. The monoisotopic (exact) mass is 176 g/mol. The lowest BCUT2D eigenvalue weighted by Gasteiger charge is -2.15. The zero-order valence-electron chi connectivity index (χ0n) is 7.59. The van der Waals surface area contributed by atoms with Gasteiger partial charge in [0.05, 0.1) is 5.97 Å². The summed E-state index contributed by atoms with van der Waals surface area (Å²) >= 11 is 0. The van der Waals surface area contributed by atoms with E-state index in [-0.39, 0.29) is 16.6 Å². The maximum absolute atomic E-state index is 10.3. The van der Waals surface area contributed by atoms with Crippen molar-refractivity contribution in [2.75, 3.05) is 5.75 Å². The van der Waals surface area contributed by atoms with Gasteiger partial charge in [0.25, 0.3) is 0 Å². The molecule has 0 rings (SSSR count). The van der Waals surface area contributed by atoms with Gasteiger partial charge in [0, 0.05) is 0 Å². The van der Waals surface area contributed by atoms with Gasteiger partial charge in [-0.2, -0.15) is 0 Å². The molecule has 0 aromatic carbocycles. The smallest absolute Gasteiger partial charge is 0.147 e. The average Bonchev–Trinajstić information content (AvgIpc) is 1.81. The van der Waals surface area contributed by atoms with Crippen LogP contribution >= 0.6 is 0 Å². The number of hydrogen-bond donors (Lipinski definition) is 0. The SMILES string of the molecule is CC(C)[S+](CC(=O)[O-])C(C)C. The van der Waals surface area contributed by atoms with Gasteiger partial charge in [-0.3, -0.25) is 0 Å². The molecule has 0 heterocycles. The highest BCUT2D eigenvalue weighted by molar-refractivity contribution is 7.98. The summed E-state index contributed by atoms with van der Waals surface area (Å²) in [5, 5.41) is 11.2. The van der Waals surface area contributed by atoms with Gasteiger partial charge in [0.15, 0.2) is 0 Å². The van der Waals surface area contributed by atoms with Crippen molar-refractivity contribution < 1.29 is 9.90 Å². The highest BCUT2D eigenvalue weighted by atomic mass is 32.2. The van der Waals surface area contributed by atoms with E-state index in [0.717, 1.165) is 0 Å². The van der Waals surface area contributed by atoms with E-state index in [1.54, 1.807) is 0 Å². The van der Waals surface area contributed by atoms with E-state index in [0.29, 0.717) is 10.5 Å². The van der Waals surface area contributed by atoms with Gasteiger partial charge in [0.1, 0.15) is 16.3 Å². The molecule has 0 saturated heterocycles. The molecule has 0 aliphatic heterocycles. The second-order valence-electron chi connectivity index (χ2n) is 3.08. The Bertz CT molecular complexity index is 124. The van der Waals surface area contributed by atoms with Crippen molar-refractivity contribution in [2.24, 2.45) is 0 Å². The van der Waals surface area contributed by atoms with Gasteiger partial charge in [-0.1, -0.05) is 0 Å².